The summed E-state index contributed by atoms with van der Waals surface area (Å²) in [6.45, 7) is 0. The van der Waals surface area contributed by atoms with Crippen LogP contribution in [0.15, 0.2) is 0 Å². The summed E-state index contributed by atoms with van der Waals surface area (Å²) in [5.74, 6) is 0. The van der Waals surface area contributed by atoms with Crippen LogP contribution in [0.5, 0.6) is 0 Å². The Labute approximate surface area is 59.0 Å². The normalized spacial score (nSPS) is 8.43. The molecular formula is HO5PZr. The predicted octanol–water partition coefficient (Wildman–Crippen LogP) is -2.31. The van der Waals surface area contributed by atoms with E-state index in [0.717, 1.165) is 0 Å². The fourth-order valence-electron chi connectivity index (χ4n) is 0. The van der Waals surface area contributed by atoms with Crippen molar-refractivity contribution in [3.05, 3.63) is 0 Å². The van der Waals surface area contributed by atoms with E-state index >= 15 is 0 Å². The molecule has 0 bridgehead atoms. The third kappa shape index (κ3) is 188. The number of hydrogen-bond donors (Lipinski definition) is 1. The average Bonchev–Trinajstić information content (AvgIpc) is 0.722. The van der Waals surface area contributed by atoms with E-state index in [-0.39, 0.29) is 31.7 Å². The van der Waals surface area contributed by atoms with Crippen molar-refractivity contribution in [2.45, 2.75) is 0 Å². The van der Waals surface area contributed by atoms with Gasteiger partial charge in [0.25, 0.3) is 0 Å². The molecule has 0 aromatic heterocycles. The molecule has 0 aliphatic carbocycles. The van der Waals surface area contributed by atoms with Crippen LogP contribution in [0, 0.1) is 0 Å². The summed E-state index contributed by atoms with van der Waals surface area (Å²) < 4.78 is 8.66. The minimum Gasteiger partial charge on any atom is -2.00 e. The Morgan fingerprint density at radius 1 is 1.43 bits per heavy atom. The number of rotatable bonds is 0. The van der Waals surface area contributed by atoms with Crippen molar-refractivity contribution in [2.24, 2.45) is 0 Å². The van der Waals surface area contributed by atoms with Gasteiger partial charge >= 0.3 is 26.2 Å². The smallest absolute Gasteiger partial charge is 2.00 e. The van der Waals surface area contributed by atoms with Gasteiger partial charge in [-0.1, -0.05) is 0 Å². The molecule has 0 radical (unpaired) electrons. The molecule has 0 spiro atoms. The van der Waals surface area contributed by atoms with Gasteiger partial charge in [0.05, 0.1) is 7.82 Å². The molecule has 1 N–H and O–H groups in total. The maximum absolute atomic E-state index is 8.66. The maximum atomic E-state index is 8.66. The Morgan fingerprint density at radius 2 is 1.43 bits per heavy atom. The van der Waals surface area contributed by atoms with E-state index in [1.54, 1.807) is 0 Å². The van der Waals surface area contributed by atoms with Gasteiger partial charge in [0.15, 0.2) is 0 Å². The molecule has 0 aliphatic heterocycles. The van der Waals surface area contributed by atoms with Gasteiger partial charge < -0.3 is 24.7 Å². The van der Waals surface area contributed by atoms with Crippen molar-refractivity contribution < 1.29 is 50.9 Å². The van der Waals surface area contributed by atoms with Crippen molar-refractivity contribution >= 4 is 7.82 Å². The minimum absolute atomic E-state index is 0. The van der Waals surface area contributed by atoms with Gasteiger partial charge in [0.1, 0.15) is 0 Å². The fraction of sp³-hybridized carbons (Fsp3) is 0. The number of hydrogen-bond acceptors (Lipinski definition) is 3. The van der Waals surface area contributed by atoms with E-state index in [9.17, 15) is 0 Å². The molecule has 7 heteroatoms. The minimum atomic E-state index is -5.14. The molecule has 0 atom stereocenters. The molecule has 0 unspecified atom stereocenters. The van der Waals surface area contributed by atoms with Crippen molar-refractivity contribution in [1.29, 1.82) is 0 Å². The SMILES string of the molecule is O=P([O-])([O-])O.[O-2].[Zr+4]. The van der Waals surface area contributed by atoms with Crippen LogP contribution < -0.4 is 9.79 Å². The zero-order valence-electron chi connectivity index (χ0n) is 3.03. The molecule has 0 fully saturated rings. The van der Waals surface area contributed by atoms with Crippen LogP contribution in [-0.2, 0) is 36.2 Å². The van der Waals surface area contributed by atoms with E-state index in [1.165, 1.54) is 0 Å². The first-order chi connectivity index (χ1) is 2.00. The molecule has 0 aromatic rings. The standard InChI is InChI=1S/H3O4P.O.Zr/c1-5(2,3)4;;/h(H3,1,2,3,4);;/q;-2;+4/p-2. The van der Waals surface area contributed by atoms with Crippen LogP contribution in [0.3, 0.4) is 0 Å². The Hall–Kier alpha value is 0.953. The van der Waals surface area contributed by atoms with Crippen molar-refractivity contribution in [3.63, 3.8) is 0 Å². The Kier molecular flexibility index (Phi) is 11.4. The molecule has 0 saturated heterocycles. The molecule has 0 amide bonds. The van der Waals surface area contributed by atoms with Gasteiger partial charge in [-0.2, -0.15) is 0 Å². The Bertz CT molecular complexity index is 54.2. The second-order valence-electron chi connectivity index (χ2n) is 0.469. The molecular weight excluding hydrogens is 202 g/mol. The third-order valence-electron chi connectivity index (χ3n) is 0. The van der Waals surface area contributed by atoms with Gasteiger partial charge in [-0.15, -0.1) is 0 Å². The first kappa shape index (κ1) is 15.7. The van der Waals surface area contributed by atoms with E-state index in [0.29, 0.717) is 0 Å². The van der Waals surface area contributed by atoms with Crippen molar-refractivity contribution in [3.8, 4) is 0 Å². The van der Waals surface area contributed by atoms with Crippen molar-refractivity contribution in [2.75, 3.05) is 0 Å². The van der Waals surface area contributed by atoms with Crippen LogP contribution in [0.2, 0.25) is 0 Å². The number of phosphoric acid groups is 1. The zero-order chi connectivity index (χ0) is 4.50. The second-order valence-corrected chi connectivity index (χ2v) is 1.41. The molecule has 40 valence electrons. The summed E-state index contributed by atoms with van der Waals surface area (Å²) in [4.78, 5) is 24.3. The van der Waals surface area contributed by atoms with Gasteiger partial charge in [-0.3, -0.25) is 0 Å². The van der Waals surface area contributed by atoms with Crippen LogP contribution >= 0.6 is 7.82 Å². The Morgan fingerprint density at radius 3 is 1.43 bits per heavy atom. The third-order valence-corrected chi connectivity index (χ3v) is 0. The van der Waals surface area contributed by atoms with Gasteiger partial charge in [-0.05, 0) is 0 Å². The molecule has 0 heterocycles. The van der Waals surface area contributed by atoms with Gasteiger partial charge in [0, 0.05) is 0 Å². The molecule has 0 rings (SSSR count). The van der Waals surface area contributed by atoms with E-state index in [2.05, 4.69) is 0 Å². The summed E-state index contributed by atoms with van der Waals surface area (Å²) >= 11 is 0. The van der Waals surface area contributed by atoms with E-state index in [1.807, 2.05) is 0 Å². The fourth-order valence-corrected chi connectivity index (χ4v) is 0. The summed E-state index contributed by atoms with van der Waals surface area (Å²) in [6.07, 6.45) is 0. The van der Waals surface area contributed by atoms with Crippen LogP contribution in [0.4, 0.5) is 0 Å². The molecule has 5 nitrogen and oxygen atoms in total. The van der Waals surface area contributed by atoms with Crippen LogP contribution in [0.1, 0.15) is 0 Å². The molecule has 0 aliphatic rings. The summed E-state index contributed by atoms with van der Waals surface area (Å²) in [7, 11) is -5.14. The first-order valence-corrected chi connectivity index (χ1v) is 2.24. The summed E-state index contributed by atoms with van der Waals surface area (Å²) in [6, 6.07) is 0. The summed E-state index contributed by atoms with van der Waals surface area (Å²) in [5.41, 5.74) is 0. The predicted molar refractivity (Wildman–Crippen MR) is 10.5 cm³/mol. The maximum Gasteiger partial charge on any atom is 4.00 e. The zero-order valence-corrected chi connectivity index (χ0v) is 6.38. The monoisotopic (exact) mass is 202 g/mol. The second kappa shape index (κ2) is 5.10. The quantitative estimate of drug-likeness (QED) is 0.445. The molecule has 0 aromatic carbocycles. The van der Waals surface area contributed by atoms with Crippen molar-refractivity contribution in [1.82, 2.24) is 0 Å². The van der Waals surface area contributed by atoms with Crippen LogP contribution in [0.25, 0.3) is 0 Å². The average molecular weight is 203 g/mol. The Balaban J connectivity index is -0.0000000800. The first-order valence-electron chi connectivity index (χ1n) is 0.748. The molecule has 7 heavy (non-hydrogen) atoms. The van der Waals surface area contributed by atoms with E-state index < -0.39 is 7.82 Å². The van der Waals surface area contributed by atoms with Gasteiger partial charge in [-0.25, -0.2) is 0 Å². The van der Waals surface area contributed by atoms with E-state index in [4.69, 9.17) is 19.2 Å². The topological polar surface area (TPSA) is 112 Å². The largest absolute Gasteiger partial charge is 4.00 e. The molecule has 0 saturated carbocycles. The van der Waals surface area contributed by atoms with Gasteiger partial charge in [0.2, 0.25) is 0 Å². The van der Waals surface area contributed by atoms with Crippen LogP contribution in [-0.4, -0.2) is 4.89 Å². The summed E-state index contributed by atoms with van der Waals surface area (Å²) in [5, 5.41) is 0.